The van der Waals surface area contributed by atoms with Crippen LogP contribution >= 0.6 is 0 Å². The molecule has 2 unspecified atom stereocenters. The second-order valence-electron chi connectivity index (χ2n) is 4.89. The molecule has 3 N–H and O–H groups in total. The summed E-state index contributed by atoms with van der Waals surface area (Å²) in [5.74, 6) is 2.49. The highest BCUT2D eigenvalue weighted by Crippen LogP contribution is 2.54. The van der Waals surface area contributed by atoms with Crippen molar-refractivity contribution in [2.45, 2.75) is 19.3 Å². The number of carbonyl (C=O) groups excluding carboxylic acids is 1. The summed E-state index contributed by atoms with van der Waals surface area (Å²) in [5.41, 5.74) is 6.22. The van der Waals surface area contributed by atoms with E-state index in [-0.39, 0.29) is 11.8 Å². The van der Waals surface area contributed by atoms with Gasteiger partial charge in [-0.15, -0.1) is 0 Å². The fourth-order valence-corrected chi connectivity index (χ4v) is 2.65. The Morgan fingerprint density at radius 1 is 1.31 bits per heavy atom. The second-order valence-corrected chi connectivity index (χ2v) is 4.89. The van der Waals surface area contributed by atoms with Crippen LogP contribution in [-0.4, -0.2) is 10.9 Å². The van der Waals surface area contributed by atoms with Crippen molar-refractivity contribution in [3.05, 3.63) is 18.3 Å². The van der Waals surface area contributed by atoms with E-state index in [4.69, 9.17) is 5.73 Å². The molecule has 2 aliphatic rings. The zero-order chi connectivity index (χ0) is 11.1. The Morgan fingerprint density at radius 3 is 2.69 bits per heavy atom. The van der Waals surface area contributed by atoms with Gasteiger partial charge in [0.1, 0.15) is 5.82 Å². The number of hydrogen-bond acceptors (Lipinski definition) is 3. The van der Waals surface area contributed by atoms with Crippen molar-refractivity contribution in [3.63, 3.8) is 0 Å². The third-order valence-electron chi connectivity index (χ3n) is 3.67. The molecule has 1 amide bonds. The van der Waals surface area contributed by atoms with Crippen LogP contribution < -0.4 is 11.1 Å². The Morgan fingerprint density at radius 2 is 2.06 bits per heavy atom. The van der Waals surface area contributed by atoms with Crippen LogP contribution in [0.4, 0.5) is 11.5 Å². The molecule has 0 saturated heterocycles. The summed E-state index contributed by atoms with van der Waals surface area (Å²) in [4.78, 5) is 15.8. The van der Waals surface area contributed by atoms with Crippen molar-refractivity contribution in [1.82, 2.24) is 4.98 Å². The zero-order valence-electron chi connectivity index (χ0n) is 9.02. The minimum absolute atomic E-state index is 0.138. The molecule has 4 heteroatoms. The minimum Gasteiger partial charge on any atom is -0.384 e. The predicted octanol–water partition coefficient (Wildman–Crippen LogP) is 1.65. The van der Waals surface area contributed by atoms with Crippen LogP contribution in [0, 0.1) is 17.8 Å². The number of nitrogens with two attached hydrogens (primary N) is 1. The van der Waals surface area contributed by atoms with Crippen LogP contribution in [0.5, 0.6) is 0 Å². The first kappa shape index (κ1) is 9.63. The molecule has 0 spiro atoms. The monoisotopic (exact) mass is 217 g/mol. The number of hydrogen-bond donors (Lipinski definition) is 2. The number of rotatable bonds is 2. The number of nitrogen functional groups attached to an aromatic ring is 1. The van der Waals surface area contributed by atoms with E-state index < -0.39 is 0 Å². The predicted molar refractivity (Wildman–Crippen MR) is 61.6 cm³/mol. The molecular formula is C12H15N3O. The molecule has 1 heterocycles. The lowest BCUT2D eigenvalue weighted by molar-refractivity contribution is -0.120. The first-order valence-electron chi connectivity index (χ1n) is 5.75. The molecule has 0 bridgehead atoms. The summed E-state index contributed by atoms with van der Waals surface area (Å²) < 4.78 is 0. The molecule has 2 aliphatic carbocycles. The van der Waals surface area contributed by atoms with Crippen molar-refractivity contribution in [3.8, 4) is 0 Å². The fourth-order valence-electron chi connectivity index (χ4n) is 2.65. The highest BCUT2D eigenvalue weighted by Gasteiger charge is 2.47. The fraction of sp³-hybridized carbons (Fsp3) is 0.500. The van der Waals surface area contributed by atoms with Gasteiger partial charge in [0, 0.05) is 5.92 Å². The summed E-state index contributed by atoms with van der Waals surface area (Å²) in [5, 5.41) is 2.90. The molecule has 0 radical (unpaired) electrons. The van der Waals surface area contributed by atoms with E-state index in [1.165, 1.54) is 6.42 Å². The van der Waals surface area contributed by atoms with E-state index in [1.54, 1.807) is 18.3 Å². The molecule has 3 rings (SSSR count). The first-order valence-corrected chi connectivity index (χ1v) is 5.75. The smallest absolute Gasteiger partial charge is 0.227 e. The number of nitrogens with zero attached hydrogens (tertiary/aromatic N) is 1. The molecule has 84 valence electrons. The molecule has 1 aromatic heterocycles. The normalized spacial score (nSPS) is 30.9. The number of pyridine rings is 1. The summed E-state index contributed by atoms with van der Waals surface area (Å²) in [6.45, 7) is 0. The zero-order valence-corrected chi connectivity index (χ0v) is 9.02. The summed E-state index contributed by atoms with van der Waals surface area (Å²) in [7, 11) is 0. The quantitative estimate of drug-likeness (QED) is 0.791. The Hall–Kier alpha value is -1.58. The van der Waals surface area contributed by atoms with Crippen LogP contribution in [-0.2, 0) is 4.79 Å². The Labute approximate surface area is 94.2 Å². The summed E-state index contributed by atoms with van der Waals surface area (Å²) >= 11 is 0. The van der Waals surface area contributed by atoms with Gasteiger partial charge in [-0.1, -0.05) is 0 Å². The second kappa shape index (κ2) is 3.47. The van der Waals surface area contributed by atoms with Crippen LogP contribution in [0.2, 0.25) is 0 Å². The van der Waals surface area contributed by atoms with Gasteiger partial charge in [0.25, 0.3) is 0 Å². The van der Waals surface area contributed by atoms with Gasteiger partial charge in [0.2, 0.25) is 5.91 Å². The maximum absolute atomic E-state index is 11.9. The van der Waals surface area contributed by atoms with Crippen LogP contribution in [0.3, 0.4) is 0 Å². The average Bonchev–Trinajstić information content (AvgIpc) is 2.89. The van der Waals surface area contributed by atoms with Crippen LogP contribution in [0.15, 0.2) is 18.3 Å². The highest BCUT2D eigenvalue weighted by atomic mass is 16.1. The SMILES string of the molecule is Nc1ccc(NC(=O)C2CC3CC3C2)cn1. The van der Waals surface area contributed by atoms with E-state index in [2.05, 4.69) is 10.3 Å². The average molecular weight is 217 g/mol. The van der Waals surface area contributed by atoms with Gasteiger partial charge in [-0.25, -0.2) is 4.98 Å². The molecule has 2 saturated carbocycles. The number of fused-ring (bicyclic) bond motifs is 1. The maximum Gasteiger partial charge on any atom is 0.227 e. The van der Waals surface area contributed by atoms with Gasteiger partial charge in [-0.05, 0) is 43.2 Å². The third-order valence-corrected chi connectivity index (χ3v) is 3.67. The molecule has 16 heavy (non-hydrogen) atoms. The Balaban J connectivity index is 1.61. The lowest BCUT2D eigenvalue weighted by Gasteiger charge is -2.11. The van der Waals surface area contributed by atoms with E-state index >= 15 is 0 Å². The number of amides is 1. The number of nitrogens with one attached hydrogen (secondary N) is 1. The van der Waals surface area contributed by atoms with Crippen molar-refractivity contribution in [1.29, 1.82) is 0 Å². The van der Waals surface area contributed by atoms with E-state index in [9.17, 15) is 4.79 Å². The molecule has 2 atom stereocenters. The van der Waals surface area contributed by atoms with Crippen molar-refractivity contribution in [2.24, 2.45) is 17.8 Å². The van der Waals surface area contributed by atoms with E-state index in [0.29, 0.717) is 5.82 Å². The molecule has 1 aromatic rings. The van der Waals surface area contributed by atoms with Crippen LogP contribution in [0.1, 0.15) is 19.3 Å². The largest absolute Gasteiger partial charge is 0.384 e. The maximum atomic E-state index is 11.9. The topological polar surface area (TPSA) is 68.0 Å². The lowest BCUT2D eigenvalue weighted by atomic mass is 10.0. The first-order chi connectivity index (χ1) is 7.72. The summed E-state index contributed by atoms with van der Waals surface area (Å²) in [6.07, 6.45) is 5.08. The lowest BCUT2D eigenvalue weighted by Crippen LogP contribution is -2.21. The van der Waals surface area contributed by atoms with Crippen molar-refractivity contribution >= 4 is 17.4 Å². The third kappa shape index (κ3) is 1.75. The molecule has 0 aliphatic heterocycles. The van der Waals surface area contributed by atoms with Gasteiger partial charge < -0.3 is 11.1 Å². The molecular weight excluding hydrogens is 202 g/mol. The van der Waals surface area contributed by atoms with Gasteiger partial charge in [0.15, 0.2) is 0 Å². The Bertz CT molecular complexity index is 405. The molecule has 4 nitrogen and oxygen atoms in total. The summed E-state index contributed by atoms with van der Waals surface area (Å²) in [6, 6.07) is 3.48. The van der Waals surface area contributed by atoms with Crippen LogP contribution in [0.25, 0.3) is 0 Å². The van der Waals surface area contributed by atoms with Gasteiger partial charge >= 0.3 is 0 Å². The van der Waals surface area contributed by atoms with Gasteiger partial charge in [-0.3, -0.25) is 4.79 Å². The van der Waals surface area contributed by atoms with Gasteiger partial charge in [0.05, 0.1) is 11.9 Å². The number of carbonyl (C=O) groups is 1. The number of anilines is 2. The number of aromatic nitrogens is 1. The standard InChI is InChI=1S/C12H15N3O/c13-11-2-1-10(6-14-11)15-12(16)9-4-7-3-8(7)5-9/h1-2,6-9H,3-5H2,(H2,13,14)(H,15,16). The van der Waals surface area contributed by atoms with Crippen molar-refractivity contribution in [2.75, 3.05) is 11.1 Å². The van der Waals surface area contributed by atoms with E-state index in [1.807, 2.05) is 0 Å². The molecule has 0 aromatic carbocycles. The molecule has 2 fully saturated rings. The highest BCUT2D eigenvalue weighted by molar-refractivity contribution is 5.92. The van der Waals surface area contributed by atoms with E-state index in [0.717, 1.165) is 30.4 Å². The Kier molecular flexibility index (Phi) is 2.09. The van der Waals surface area contributed by atoms with Crippen molar-refractivity contribution < 1.29 is 4.79 Å². The van der Waals surface area contributed by atoms with Gasteiger partial charge in [-0.2, -0.15) is 0 Å². The minimum atomic E-state index is 0.138.